The van der Waals surface area contributed by atoms with Crippen LogP contribution in [0.15, 0.2) is 36.8 Å². The molecule has 5 heterocycles. The minimum Gasteiger partial charge on any atom is -0.342 e. The topological polar surface area (TPSA) is 64.9 Å². The maximum Gasteiger partial charge on any atom is 0.256 e. The zero-order valence-corrected chi connectivity index (χ0v) is 30.5. The summed E-state index contributed by atoms with van der Waals surface area (Å²) in [6.07, 6.45) is 9.54. The van der Waals surface area contributed by atoms with Crippen molar-refractivity contribution in [3.63, 3.8) is 0 Å². The van der Waals surface area contributed by atoms with Crippen molar-refractivity contribution in [3.05, 3.63) is 59.3 Å². The average Bonchev–Trinajstić information content (AvgIpc) is 3.69. The van der Waals surface area contributed by atoms with E-state index < -0.39 is 5.82 Å². The molecule has 1 saturated carbocycles. The Balaban J connectivity index is 1.03. The van der Waals surface area contributed by atoms with Crippen molar-refractivity contribution >= 4 is 22.7 Å². The Labute approximate surface area is 291 Å². The van der Waals surface area contributed by atoms with Gasteiger partial charge in [0.15, 0.2) is 0 Å². The number of carbonyl (C=O) groups is 2. The van der Waals surface area contributed by atoms with Gasteiger partial charge in [0.25, 0.3) is 5.91 Å². The first-order valence-electron chi connectivity index (χ1n) is 18.7. The second-order valence-corrected chi connectivity index (χ2v) is 16.3. The number of hydrogen-bond acceptors (Lipinski definition) is 5. The number of likely N-dealkylation sites (tertiary alicyclic amines) is 3. The van der Waals surface area contributed by atoms with Gasteiger partial charge in [-0.15, -0.1) is 0 Å². The van der Waals surface area contributed by atoms with Gasteiger partial charge in [-0.05, 0) is 106 Å². The molecule has 3 aliphatic heterocycles. The van der Waals surface area contributed by atoms with Crippen molar-refractivity contribution in [2.24, 2.45) is 29.6 Å². The minimum absolute atomic E-state index is 0.0107. The molecule has 0 bridgehead atoms. The Morgan fingerprint density at radius 1 is 1.00 bits per heavy atom. The van der Waals surface area contributed by atoms with E-state index in [1.165, 1.54) is 35.9 Å². The number of fused-ring (bicyclic) bond motifs is 2. The fourth-order valence-corrected chi connectivity index (χ4v) is 9.93. The van der Waals surface area contributed by atoms with E-state index >= 15 is 0 Å². The second-order valence-electron chi connectivity index (χ2n) is 16.3. The van der Waals surface area contributed by atoms with Crippen LogP contribution in [0.3, 0.4) is 0 Å². The molecular formula is C40H55FN6O2. The largest absolute Gasteiger partial charge is 0.342 e. The molecule has 3 saturated heterocycles. The maximum atomic E-state index is 14.6. The van der Waals surface area contributed by atoms with E-state index in [1.807, 2.05) is 33.2 Å². The maximum absolute atomic E-state index is 14.6. The summed E-state index contributed by atoms with van der Waals surface area (Å²) in [5, 5.41) is 1.19. The molecule has 0 spiro atoms. The van der Waals surface area contributed by atoms with Gasteiger partial charge in [-0.25, -0.2) is 4.39 Å². The molecule has 9 heteroatoms. The Bertz CT molecular complexity index is 1690. The summed E-state index contributed by atoms with van der Waals surface area (Å²) >= 11 is 0. The molecule has 2 aromatic heterocycles. The van der Waals surface area contributed by atoms with Crippen molar-refractivity contribution in [2.45, 2.75) is 85.9 Å². The number of halogens is 1. The number of hydrogen-bond donors (Lipinski definition) is 0. The molecule has 264 valence electrons. The third kappa shape index (κ3) is 6.30. The van der Waals surface area contributed by atoms with Crippen LogP contribution in [0, 0.1) is 42.3 Å². The van der Waals surface area contributed by atoms with Crippen molar-refractivity contribution in [1.29, 1.82) is 0 Å². The first-order chi connectivity index (χ1) is 23.4. The summed E-state index contributed by atoms with van der Waals surface area (Å²) < 4.78 is 16.7. The van der Waals surface area contributed by atoms with Crippen molar-refractivity contribution in [3.8, 4) is 5.69 Å². The minimum atomic E-state index is -0.408. The quantitative estimate of drug-likeness (QED) is 0.264. The Hall–Kier alpha value is -3.30. The van der Waals surface area contributed by atoms with Crippen LogP contribution in [0.4, 0.5) is 4.39 Å². The predicted molar refractivity (Wildman–Crippen MR) is 192 cm³/mol. The summed E-state index contributed by atoms with van der Waals surface area (Å²) in [5.41, 5.74) is 4.42. The molecular weight excluding hydrogens is 615 g/mol. The fourth-order valence-electron chi connectivity index (χ4n) is 9.93. The molecule has 49 heavy (non-hydrogen) atoms. The third-order valence-electron chi connectivity index (χ3n) is 12.4. The number of amides is 2. The summed E-state index contributed by atoms with van der Waals surface area (Å²) in [7, 11) is 0. The zero-order valence-electron chi connectivity index (χ0n) is 30.5. The lowest BCUT2D eigenvalue weighted by Gasteiger charge is -2.54. The van der Waals surface area contributed by atoms with Gasteiger partial charge in [0.05, 0.1) is 23.0 Å². The molecule has 3 atom stereocenters. The van der Waals surface area contributed by atoms with Crippen LogP contribution >= 0.6 is 0 Å². The van der Waals surface area contributed by atoms with Crippen molar-refractivity contribution in [2.75, 3.05) is 45.8 Å². The number of rotatable bonds is 10. The van der Waals surface area contributed by atoms with Gasteiger partial charge in [-0.1, -0.05) is 13.8 Å². The number of pyridine rings is 1. The summed E-state index contributed by atoms with van der Waals surface area (Å²) in [6, 6.07) is 5.90. The van der Waals surface area contributed by atoms with Gasteiger partial charge < -0.3 is 14.4 Å². The first-order valence-corrected chi connectivity index (χ1v) is 18.7. The highest BCUT2D eigenvalue weighted by atomic mass is 19.1. The summed E-state index contributed by atoms with van der Waals surface area (Å²) in [4.78, 5) is 39.5. The Kier molecular flexibility index (Phi) is 9.37. The van der Waals surface area contributed by atoms with Crippen LogP contribution in [0.2, 0.25) is 0 Å². The molecule has 3 aromatic rings. The van der Waals surface area contributed by atoms with Gasteiger partial charge >= 0.3 is 0 Å². The molecule has 4 fully saturated rings. The van der Waals surface area contributed by atoms with Gasteiger partial charge in [-0.2, -0.15) is 0 Å². The molecule has 0 radical (unpaired) electrons. The highest BCUT2D eigenvalue weighted by Gasteiger charge is 2.49. The average molecular weight is 671 g/mol. The molecule has 2 amide bonds. The molecule has 4 aliphatic rings. The number of aryl methyl sites for hydroxylation is 1. The molecule has 7 rings (SSSR count). The monoisotopic (exact) mass is 670 g/mol. The fraction of sp³-hybridized carbons (Fsp3) is 0.625. The second kappa shape index (κ2) is 13.4. The smallest absolute Gasteiger partial charge is 0.256 e. The molecule has 1 unspecified atom stereocenters. The summed E-state index contributed by atoms with van der Waals surface area (Å²) in [6.45, 7) is 21.6. The van der Waals surface area contributed by atoms with Gasteiger partial charge in [0, 0.05) is 88.6 Å². The Morgan fingerprint density at radius 2 is 1.69 bits per heavy atom. The highest BCUT2D eigenvalue weighted by molar-refractivity contribution is 5.99. The van der Waals surface area contributed by atoms with E-state index in [9.17, 15) is 14.0 Å². The van der Waals surface area contributed by atoms with Crippen molar-refractivity contribution < 1.29 is 14.0 Å². The number of nitrogens with zero attached hydrogens (tertiary/aromatic N) is 6. The van der Waals surface area contributed by atoms with Gasteiger partial charge in [-0.3, -0.25) is 24.4 Å². The van der Waals surface area contributed by atoms with Crippen molar-refractivity contribution in [1.82, 2.24) is 29.2 Å². The number of benzene rings is 1. The van der Waals surface area contributed by atoms with E-state index in [4.69, 9.17) is 0 Å². The van der Waals surface area contributed by atoms with E-state index in [0.717, 1.165) is 62.7 Å². The van der Waals surface area contributed by atoms with Crippen LogP contribution in [0.25, 0.3) is 16.6 Å². The van der Waals surface area contributed by atoms with Crippen LogP contribution in [0.5, 0.6) is 0 Å². The zero-order chi connectivity index (χ0) is 34.7. The molecule has 1 aromatic carbocycles. The standard InChI is InChI=1S/C40H55FN6O2/c1-8-46(25(4)5)40(49)35-14-33(41)9-10-36(35)47-23-30(38-26(6)15-42-16-37(38)47)11-28-17-45(18-28)39(24(2)3)29-12-34(13-29)44-21-31-19-43(27(7)48)20-32(31)22-44/h9-10,14-16,23-25,28-29,31-32,34,39H,8,11-13,17-22H2,1-7H3/t29-,31-,32-,34-,39?/m1/s1. The van der Waals surface area contributed by atoms with Gasteiger partial charge in [0.2, 0.25) is 5.91 Å². The molecule has 1 aliphatic carbocycles. The summed E-state index contributed by atoms with van der Waals surface area (Å²) in [5.74, 6) is 2.92. The first kappa shape index (κ1) is 34.2. The Morgan fingerprint density at radius 3 is 2.31 bits per heavy atom. The number of aromatic nitrogens is 2. The van der Waals surface area contributed by atoms with Crippen LogP contribution in [-0.2, 0) is 11.2 Å². The van der Waals surface area contributed by atoms with Crippen LogP contribution in [0.1, 0.15) is 75.9 Å². The van der Waals surface area contributed by atoms with Crippen LogP contribution in [-0.4, -0.2) is 105 Å². The molecule has 8 nitrogen and oxygen atoms in total. The third-order valence-corrected chi connectivity index (χ3v) is 12.4. The number of carbonyl (C=O) groups excluding carboxylic acids is 2. The van der Waals surface area contributed by atoms with Gasteiger partial charge in [0.1, 0.15) is 5.82 Å². The lowest BCUT2D eigenvalue weighted by molar-refractivity contribution is -0.128. The normalized spacial score (nSPS) is 25.2. The lowest BCUT2D eigenvalue weighted by atomic mass is 9.70. The van der Waals surface area contributed by atoms with E-state index in [1.54, 1.807) is 17.9 Å². The SMILES string of the molecule is CCN(C(=O)c1cc(F)ccc1-n1cc(CC2CN(C(C(C)C)[C@H]3C[C@H](N4C[C@H]5CN(C(C)=O)C[C@@H]5C4)C3)C2)c2c(C)cncc21)C(C)C. The van der Waals surface area contributed by atoms with E-state index in [2.05, 4.69) is 51.2 Å². The van der Waals surface area contributed by atoms with E-state index in [-0.39, 0.29) is 17.9 Å². The molecule has 0 N–H and O–H groups in total. The lowest BCUT2D eigenvalue weighted by Crippen LogP contribution is -2.60. The highest BCUT2D eigenvalue weighted by Crippen LogP contribution is 2.44. The van der Waals surface area contributed by atoms with E-state index in [0.29, 0.717) is 53.6 Å². The predicted octanol–water partition coefficient (Wildman–Crippen LogP) is 6.03. The van der Waals surface area contributed by atoms with Crippen LogP contribution < -0.4 is 0 Å².